The number of aromatic nitrogens is 1. The van der Waals surface area contributed by atoms with E-state index in [4.69, 9.17) is 10.5 Å². The summed E-state index contributed by atoms with van der Waals surface area (Å²) in [6.45, 7) is 4.11. The maximum atomic E-state index is 6.47. The van der Waals surface area contributed by atoms with Crippen LogP contribution in [0.1, 0.15) is 23.6 Å². The quantitative estimate of drug-likeness (QED) is 0.915. The van der Waals surface area contributed by atoms with Gasteiger partial charge in [-0.3, -0.25) is 4.98 Å². The summed E-state index contributed by atoms with van der Waals surface area (Å²) in [4.78, 5) is 4.18. The molecule has 0 saturated heterocycles. The number of nitrogens with zero attached hydrogens (tertiary/aromatic N) is 1. The number of ether oxygens (including phenoxy) is 1. The normalized spacial score (nSPS) is 13.9. The van der Waals surface area contributed by atoms with Crippen molar-refractivity contribution in [1.29, 1.82) is 0 Å². The number of hydrogen-bond donors (Lipinski definition) is 1. The highest BCUT2D eigenvalue weighted by atomic mass is 16.5. The Balaban J connectivity index is 2.23. The van der Waals surface area contributed by atoms with E-state index in [1.165, 1.54) is 11.1 Å². The van der Waals surface area contributed by atoms with E-state index >= 15 is 0 Å². The average molecular weight is 256 g/mol. The fraction of sp³-hybridized carbons (Fsp3) is 0.312. The summed E-state index contributed by atoms with van der Waals surface area (Å²) in [5, 5.41) is 0. The molecule has 0 spiro atoms. The van der Waals surface area contributed by atoms with E-state index in [1.54, 1.807) is 13.3 Å². The minimum Gasteiger partial charge on any atom is -0.497 e. The van der Waals surface area contributed by atoms with Gasteiger partial charge in [-0.05, 0) is 55.2 Å². The molecule has 19 heavy (non-hydrogen) atoms. The van der Waals surface area contributed by atoms with Crippen LogP contribution in [0.4, 0.5) is 0 Å². The van der Waals surface area contributed by atoms with E-state index in [1.807, 2.05) is 31.3 Å². The van der Waals surface area contributed by atoms with Crippen LogP contribution in [-0.4, -0.2) is 12.1 Å². The van der Waals surface area contributed by atoms with Gasteiger partial charge in [-0.25, -0.2) is 0 Å². The molecule has 0 fully saturated rings. The van der Waals surface area contributed by atoms with Gasteiger partial charge in [-0.15, -0.1) is 0 Å². The fourth-order valence-corrected chi connectivity index (χ4v) is 2.32. The Morgan fingerprint density at radius 3 is 2.47 bits per heavy atom. The Bertz CT molecular complexity index is 547. The summed E-state index contributed by atoms with van der Waals surface area (Å²) in [7, 11) is 1.67. The first kappa shape index (κ1) is 13.6. The Morgan fingerprint density at radius 1 is 1.21 bits per heavy atom. The molecule has 1 atom stereocenters. The topological polar surface area (TPSA) is 48.1 Å². The summed E-state index contributed by atoms with van der Waals surface area (Å²) < 4.78 is 5.16. The highest BCUT2D eigenvalue weighted by molar-refractivity contribution is 5.33. The van der Waals surface area contributed by atoms with E-state index in [-0.39, 0.29) is 0 Å². The van der Waals surface area contributed by atoms with Gasteiger partial charge in [0.15, 0.2) is 0 Å². The molecule has 100 valence electrons. The zero-order valence-corrected chi connectivity index (χ0v) is 11.7. The van der Waals surface area contributed by atoms with Gasteiger partial charge in [0.05, 0.1) is 7.11 Å². The molecule has 2 rings (SSSR count). The number of benzene rings is 1. The largest absolute Gasteiger partial charge is 0.497 e. The number of methoxy groups -OCH3 is 1. The van der Waals surface area contributed by atoms with Crippen LogP contribution in [0.2, 0.25) is 0 Å². The molecule has 3 heteroatoms. The molecule has 2 N–H and O–H groups in total. The van der Waals surface area contributed by atoms with Gasteiger partial charge in [0.25, 0.3) is 0 Å². The molecule has 0 saturated carbocycles. The van der Waals surface area contributed by atoms with Crippen molar-refractivity contribution in [3.63, 3.8) is 0 Å². The molecule has 1 aromatic heterocycles. The summed E-state index contributed by atoms with van der Waals surface area (Å²) in [6, 6.07) is 10.0. The molecule has 0 aliphatic rings. The van der Waals surface area contributed by atoms with Gasteiger partial charge in [-0.2, -0.15) is 0 Å². The van der Waals surface area contributed by atoms with Crippen LogP contribution >= 0.6 is 0 Å². The lowest BCUT2D eigenvalue weighted by Gasteiger charge is -2.26. The Labute approximate surface area is 114 Å². The highest BCUT2D eigenvalue weighted by Gasteiger charge is 2.23. The molecule has 0 aliphatic carbocycles. The van der Waals surface area contributed by atoms with Gasteiger partial charge in [-0.1, -0.05) is 12.1 Å². The maximum Gasteiger partial charge on any atom is 0.118 e. The van der Waals surface area contributed by atoms with Crippen LogP contribution in [0.25, 0.3) is 0 Å². The Kier molecular flexibility index (Phi) is 3.86. The van der Waals surface area contributed by atoms with Crippen molar-refractivity contribution in [2.75, 3.05) is 7.11 Å². The van der Waals surface area contributed by atoms with E-state index in [0.717, 1.165) is 17.7 Å². The Hall–Kier alpha value is -1.87. The third kappa shape index (κ3) is 3.12. The van der Waals surface area contributed by atoms with E-state index in [0.29, 0.717) is 0 Å². The van der Waals surface area contributed by atoms with E-state index in [9.17, 15) is 0 Å². The number of pyridine rings is 1. The smallest absolute Gasteiger partial charge is 0.118 e. The van der Waals surface area contributed by atoms with Crippen LogP contribution in [0.5, 0.6) is 5.75 Å². The lowest BCUT2D eigenvalue weighted by molar-refractivity contribution is 0.414. The molecule has 1 aromatic carbocycles. The molecular weight excluding hydrogens is 236 g/mol. The van der Waals surface area contributed by atoms with Crippen molar-refractivity contribution >= 4 is 0 Å². The van der Waals surface area contributed by atoms with Gasteiger partial charge in [0.1, 0.15) is 5.75 Å². The van der Waals surface area contributed by atoms with Crippen molar-refractivity contribution in [2.24, 2.45) is 5.73 Å². The molecule has 3 nitrogen and oxygen atoms in total. The summed E-state index contributed by atoms with van der Waals surface area (Å²) in [5.74, 6) is 0.861. The van der Waals surface area contributed by atoms with Gasteiger partial charge < -0.3 is 10.5 Å². The lowest BCUT2D eigenvalue weighted by atomic mass is 9.85. The summed E-state index contributed by atoms with van der Waals surface area (Å²) in [5.41, 5.74) is 9.50. The molecule has 1 heterocycles. The number of nitrogens with two attached hydrogens (primary N) is 1. The molecule has 2 aromatic rings. The first-order chi connectivity index (χ1) is 9.03. The average Bonchev–Trinajstić information content (AvgIpc) is 2.39. The third-order valence-corrected chi connectivity index (χ3v) is 3.38. The minimum atomic E-state index is -0.424. The van der Waals surface area contributed by atoms with Crippen LogP contribution in [-0.2, 0) is 12.0 Å². The number of aryl methyl sites for hydroxylation is 1. The second-order valence-corrected chi connectivity index (χ2v) is 5.13. The standard InChI is InChI=1S/C16H20N2O/c1-12-8-9-18-11-15(12)16(2,17)10-13-4-6-14(19-3)7-5-13/h4-9,11H,10,17H2,1-3H3. The maximum absolute atomic E-state index is 6.47. The van der Waals surface area contributed by atoms with Gasteiger partial charge >= 0.3 is 0 Å². The zero-order valence-electron chi connectivity index (χ0n) is 11.7. The first-order valence-corrected chi connectivity index (χ1v) is 6.36. The van der Waals surface area contributed by atoms with Gasteiger partial charge in [0.2, 0.25) is 0 Å². The predicted octanol–water partition coefficient (Wildman–Crippen LogP) is 2.82. The number of hydrogen-bond acceptors (Lipinski definition) is 3. The van der Waals surface area contributed by atoms with Crippen LogP contribution in [0.15, 0.2) is 42.7 Å². The molecular formula is C16H20N2O. The SMILES string of the molecule is COc1ccc(CC(C)(N)c2cnccc2C)cc1. The fourth-order valence-electron chi connectivity index (χ4n) is 2.32. The lowest BCUT2D eigenvalue weighted by Crippen LogP contribution is -2.36. The molecule has 0 amide bonds. The van der Waals surface area contributed by atoms with E-state index in [2.05, 4.69) is 24.0 Å². The summed E-state index contributed by atoms with van der Waals surface area (Å²) in [6.07, 6.45) is 4.42. The predicted molar refractivity (Wildman–Crippen MR) is 77.2 cm³/mol. The van der Waals surface area contributed by atoms with Crippen molar-refractivity contribution in [2.45, 2.75) is 25.8 Å². The number of rotatable bonds is 4. The Morgan fingerprint density at radius 2 is 1.89 bits per heavy atom. The van der Waals surface area contributed by atoms with E-state index < -0.39 is 5.54 Å². The highest BCUT2D eigenvalue weighted by Crippen LogP contribution is 2.25. The minimum absolute atomic E-state index is 0.424. The molecule has 0 bridgehead atoms. The van der Waals surface area contributed by atoms with Crippen molar-refractivity contribution < 1.29 is 4.74 Å². The zero-order chi connectivity index (χ0) is 13.9. The molecule has 1 unspecified atom stereocenters. The second kappa shape index (κ2) is 5.41. The van der Waals surface area contributed by atoms with Crippen molar-refractivity contribution in [3.05, 3.63) is 59.4 Å². The third-order valence-electron chi connectivity index (χ3n) is 3.38. The van der Waals surface area contributed by atoms with Crippen molar-refractivity contribution in [3.8, 4) is 5.75 Å². The van der Waals surface area contributed by atoms with Crippen molar-refractivity contribution in [1.82, 2.24) is 4.98 Å². The van der Waals surface area contributed by atoms with Crippen LogP contribution in [0.3, 0.4) is 0 Å². The van der Waals surface area contributed by atoms with Crippen LogP contribution < -0.4 is 10.5 Å². The second-order valence-electron chi connectivity index (χ2n) is 5.13. The van der Waals surface area contributed by atoms with Gasteiger partial charge in [0, 0.05) is 17.9 Å². The van der Waals surface area contributed by atoms with Crippen LogP contribution in [0, 0.1) is 6.92 Å². The molecule has 0 radical (unpaired) electrons. The summed E-state index contributed by atoms with van der Waals surface area (Å²) >= 11 is 0. The monoisotopic (exact) mass is 256 g/mol. The molecule has 0 aliphatic heterocycles. The first-order valence-electron chi connectivity index (χ1n) is 6.36.